The number of nitrogens with two attached hydrogens (primary N) is 1. The zero-order valence-corrected chi connectivity index (χ0v) is 13.1. The first-order valence-electron chi connectivity index (χ1n) is 6.77. The molecule has 0 aliphatic carbocycles. The van der Waals surface area contributed by atoms with Crippen LogP contribution in [0.2, 0.25) is 5.02 Å². The van der Waals surface area contributed by atoms with Crippen LogP contribution in [-0.2, 0) is 6.54 Å². The van der Waals surface area contributed by atoms with Gasteiger partial charge in [-0.1, -0.05) is 16.8 Å². The van der Waals surface area contributed by atoms with Gasteiger partial charge in [0.2, 0.25) is 11.7 Å². The molecule has 3 rings (SSSR count). The molecular weight excluding hydrogens is 311 g/mol. The van der Waals surface area contributed by atoms with Crippen molar-refractivity contribution in [3.63, 3.8) is 0 Å². The van der Waals surface area contributed by atoms with E-state index in [2.05, 4.69) is 15.0 Å². The van der Waals surface area contributed by atoms with Crippen molar-refractivity contribution >= 4 is 24.0 Å². The highest BCUT2D eigenvalue weighted by atomic mass is 35.5. The monoisotopic (exact) mass is 328 g/mol. The second kappa shape index (κ2) is 7.22. The summed E-state index contributed by atoms with van der Waals surface area (Å²) in [7, 11) is 0. The van der Waals surface area contributed by atoms with E-state index in [0.29, 0.717) is 23.3 Å². The number of hydrogen-bond acceptors (Lipinski definition) is 5. The number of halogens is 2. The predicted octanol–water partition coefficient (Wildman–Crippen LogP) is 2.73. The lowest BCUT2D eigenvalue weighted by Crippen LogP contribution is -2.42. The van der Waals surface area contributed by atoms with E-state index in [1.165, 1.54) is 0 Å². The topological polar surface area (TPSA) is 68.2 Å². The van der Waals surface area contributed by atoms with Gasteiger partial charge in [-0.3, -0.25) is 4.90 Å². The number of piperidine rings is 1. The van der Waals surface area contributed by atoms with Crippen molar-refractivity contribution < 1.29 is 4.52 Å². The van der Waals surface area contributed by atoms with Gasteiger partial charge in [-0.05, 0) is 43.7 Å². The number of aromatic nitrogens is 2. The molecule has 21 heavy (non-hydrogen) atoms. The van der Waals surface area contributed by atoms with E-state index in [1.54, 1.807) is 0 Å². The molecule has 0 saturated carbocycles. The molecule has 7 heteroatoms. The van der Waals surface area contributed by atoms with Crippen LogP contribution in [0.4, 0.5) is 0 Å². The molecule has 1 aliphatic heterocycles. The molecular formula is C14H18Cl2N4O. The van der Waals surface area contributed by atoms with Crippen LogP contribution in [-0.4, -0.2) is 34.2 Å². The summed E-state index contributed by atoms with van der Waals surface area (Å²) in [6.45, 7) is 2.58. The van der Waals surface area contributed by atoms with Gasteiger partial charge in [0, 0.05) is 23.2 Å². The Bertz CT molecular complexity index is 573. The van der Waals surface area contributed by atoms with Crippen molar-refractivity contribution in [2.24, 2.45) is 5.73 Å². The molecule has 1 saturated heterocycles. The van der Waals surface area contributed by atoms with Crippen molar-refractivity contribution in [3.8, 4) is 11.4 Å². The fourth-order valence-electron chi connectivity index (χ4n) is 2.46. The van der Waals surface area contributed by atoms with E-state index >= 15 is 0 Å². The Balaban J connectivity index is 0.00000161. The van der Waals surface area contributed by atoms with Crippen molar-refractivity contribution in [1.82, 2.24) is 15.0 Å². The van der Waals surface area contributed by atoms with E-state index in [4.69, 9.17) is 21.9 Å². The standard InChI is InChI=1S/C14H17ClN4O.ClH/c15-11-5-3-10(4-6-11)14-17-13(20-18-14)9-19-7-1-2-12(16)8-19;/h3-6,12H,1-2,7-9,16H2;1H/t12-;/m1./s1. The molecule has 1 aromatic heterocycles. The summed E-state index contributed by atoms with van der Waals surface area (Å²) >= 11 is 5.86. The molecule has 0 bridgehead atoms. The zero-order chi connectivity index (χ0) is 13.9. The molecule has 5 nitrogen and oxygen atoms in total. The summed E-state index contributed by atoms with van der Waals surface area (Å²) in [4.78, 5) is 6.68. The summed E-state index contributed by atoms with van der Waals surface area (Å²) < 4.78 is 5.31. The highest BCUT2D eigenvalue weighted by Gasteiger charge is 2.19. The smallest absolute Gasteiger partial charge is 0.241 e. The van der Waals surface area contributed by atoms with Crippen molar-refractivity contribution in [2.45, 2.75) is 25.4 Å². The molecule has 1 aliphatic rings. The maximum Gasteiger partial charge on any atom is 0.241 e. The molecule has 1 aromatic carbocycles. The zero-order valence-electron chi connectivity index (χ0n) is 11.5. The van der Waals surface area contributed by atoms with Crippen molar-refractivity contribution in [2.75, 3.05) is 13.1 Å². The van der Waals surface area contributed by atoms with E-state index in [9.17, 15) is 0 Å². The SMILES string of the molecule is Cl.N[C@@H]1CCCN(Cc2nc(-c3ccc(Cl)cc3)no2)C1. The summed E-state index contributed by atoms with van der Waals surface area (Å²) in [6, 6.07) is 7.65. The van der Waals surface area contributed by atoms with Gasteiger partial charge >= 0.3 is 0 Å². The number of likely N-dealkylation sites (tertiary alicyclic amines) is 1. The van der Waals surface area contributed by atoms with E-state index in [-0.39, 0.29) is 18.4 Å². The minimum Gasteiger partial charge on any atom is -0.338 e. The lowest BCUT2D eigenvalue weighted by Gasteiger charge is -2.29. The van der Waals surface area contributed by atoms with Crippen LogP contribution in [0.3, 0.4) is 0 Å². The largest absolute Gasteiger partial charge is 0.338 e. The third-order valence-electron chi connectivity index (χ3n) is 3.47. The maximum atomic E-state index is 5.97. The molecule has 1 fully saturated rings. The maximum absolute atomic E-state index is 5.97. The van der Waals surface area contributed by atoms with Gasteiger partial charge in [-0.2, -0.15) is 4.98 Å². The van der Waals surface area contributed by atoms with E-state index in [1.807, 2.05) is 24.3 Å². The minimum absolute atomic E-state index is 0. The third kappa shape index (κ3) is 4.17. The van der Waals surface area contributed by atoms with E-state index < -0.39 is 0 Å². The molecule has 114 valence electrons. The minimum atomic E-state index is 0. The van der Waals surface area contributed by atoms with Crippen molar-refractivity contribution in [3.05, 3.63) is 35.2 Å². The van der Waals surface area contributed by atoms with Gasteiger partial charge in [0.25, 0.3) is 0 Å². The van der Waals surface area contributed by atoms with Gasteiger partial charge in [-0.25, -0.2) is 0 Å². The Kier molecular flexibility index (Phi) is 5.58. The summed E-state index contributed by atoms with van der Waals surface area (Å²) in [5.41, 5.74) is 6.87. The van der Waals surface area contributed by atoms with E-state index in [0.717, 1.165) is 31.5 Å². The summed E-state index contributed by atoms with van der Waals surface area (Å²) in [5.74, 6) is 1.22. The highest BCUT2D eigenvalue weighted by molar-refractivity contribution is 6.30. The number of hydrogen-bond donors (Lipinski definition) is 1. The van der Waals surface area contributed by atoms with Crippen LogP contribution in [0, 0.1) is 0 Å². The molecule has 0 spiro atoms. The molecule has 0 unspecified atom stereocenters. The first kappa shape index (κ1) is 16.2. The van der Waals surface area contributed by atoms with Gasteiger partial charge in [0.1, 0.15) is 0 Å². The first-order valence-corrected chi connectivity index (χ1v) is 7.15. The predicted molar refractivity (Wildman–Crippen MR) is 84.5 cm³/mol. The van der Waals surface area contributed by atoms with Gasteiger partial charge in [-0.15, -0.1) is 12.4 Å². The fourth-order valence-corrected chi connectivity index (χ4v) is 2.59. The van der Waals surface area contributed by atoms with Crippen molar-refractivity contribution in [1.29, 1.82) is 0 Å². The van der Waals surface area contributed by atoms with Crippen LogP contribution in [0.15, 0.2) is 28.8 Å². The Morgan fingerprint density at radius 1 is 1.33 bits per heavy atom. The summed E-state index contributed by atoms with van der Waals surface area (Å²) in [6.07, 6.45) is 2.22. The van der Waals surface area contributed by atoms with Gasteiger partial charge < -0.3 is 10.3 Å². The summed E-state index contributed by atoms with van der Waals surface area (Å²) in [5, 5.41) is 4.71. The number of nitrogens with zero attached hydrogens (tertiary/aromatic N) is 3. The Morgan fingerprint density at radius 2 is 2.10 bits per heavy atom. The Morgan fingerprint density at radius 3 is 2.81 bits per heavy atom. The fraction of sp³-hybridized carbons (Fsp3) is 0.429. The quantitative estimate of drug-likeness (QED) is 0.938. The van der Waals surface area contributed by atoms with Crippen LogP contribution < -0.4 is 5.73 Å². The van der Waals surface area contributed by atoms with Gasteiger partial charge in [0.15, 0.2) is 0 Å². The van der Waals surface area contributed by atoms with Crippen LogP contribution in [0.1, 0.15) is 18.7 Å². The second-order valence-electron chi connectivity index (χ2n) is 5.16. The normalized spacial score (nSPS) is 19.2. The number of benzene rings is 1. The molecule has 2 N–H and O–H groups in total. The molecule has 2 aromatic rings. The molecule has 0 amide bonds. The van der Waals surface area contributed by atoms with Crippen LogP contribution in [0.5, 0.6) is 0 Å². The lowest BCUT2D eigenvalue weighted by atomic mass is 10.1. The first-order chi connectivity index (χ1) is 9.70. The molecule has 1 atom stereocenters. The number of rotatable bonds is 3. The second-order valence-corrected chi connectivity index (χ2v) is 5.59. The van der Waals surface area contributed by atoms with Gasteiger partial charge in [0.05, 0.1) is 6.54 Å². The Labute approximate surface area is 134 Å². The molecule has 0 radical (unpaired) electrons. The lowest BCUT2D eigenvalue weighted by molar-refractivity contribution is 0.178. The highest BCUT2D eigenvalue weighted by Crippen LogP contribution is 2.19. The Hall–Kier alpha value is -1.14. The average molecular weight is 329 g/mol. The average Bonchev–Trinajstić information content (AvgIpc) is 2.88. The van der Waals surface area contributed by atoms with Crippen LogP contribution in [0.25, 0.3) is 11.4 Å². The third-order valence-corrected chi connectivity index (χ3v) is 3.72. The molecule has 2 heterocycles. The van der Waals surface area contributed by atoms with Crippen LogP contribution >= 0.6 is 24.0 Å².